The Morgan fingerprint density at radius 1 is 1.00 bits per heavy atom. The van der Waals surface area contributed by atoms with Gasteiger partial charge in [0.1, 0.15) is 17.1 Å². The molecule has 1 aromatic heterocycles. The van der Waals surface area contributed by atoms with Crippen LogP contribution in [0.5, 0.6) is 0 Å². The molecule has 1 aliphatic carbocycles. The molecule has 0 saturated carbocycles. The van der Waals surface area contributed by atoms with E-state index in [2.05, 4.69) is 34.5 Å². The van der Waals surface area contributed by atoms with Gasteiger partial charge in [0, 0.05) is 35.3 Å². The molecule has 6 rings (SSSR count). The minimum absolute atomic E-state index is 0.190. The van der Waals surface area contributed by atoms with E-state index in [4.69, 9.17) is 27.0 Å². The van der Waals surface area contributed by atoms with E-state index in [1.165, 1.54) is 36.4 Å². The molecule has 10 heteroatoms. The molecule has 1 atom stereocenters. The molecule has 3 aromatic rings. The molecule has 51 heavy (non-hydrogen) atoms. The summed E-state index contributed by atoms with van der Waals surface area (Å²) in [6, 6.07) is 16.6. The van der Waals surface area contributed by atoms with Crippen LogP contribution >= 0.6 is 0 Å². The fraction of sp³-hybridized carbons (Fsp3) is 0.293. The Labute approximate surface area is 295 Å². The fourth-order valence-corrected chi connectivity index (χ4v) is 7.02. The van der Waals surface area contributed by atoms with Gasteiger partial charge in [-0.05, 0) is 60.1 Å². The molecule has 0 spiro atoms. The Hall–Kier alpha value is -5.76. The lowest BCUT2D eigenvalue weighted by molar-refractivity contribution is -0.249. The quantitative estimate of drug-likeness (QED) is 0.191. The van der Waals surface area contributed by atoms with E-state index in [9.17, 15) is 5.26 Å². The molecule has 0 bridgehead atoms. The van der Waals surface area contributed by atoms with Gasteiger partial charge in [-0.1, -0.05) is 80.6 Å². The number of benzene rings is 2. The van der Waals surface area contributed by atoms with Gasteiger partial charge in [-0.15, -0.1) is 0 Å². The average Bonchev–Trinajstić information content (AvgIpc) is 3.67. The number of hydrogen-bond donors (Lipinski definition) is 0. The molecule has 3 aliphatic rings. The van der Waals surface area contributed by atoms with Crippen molar-refractivity contribution in [2.24, 2.45) is 5.41 Å². The first-order chi connectivity index (χ1) is 24.4. The maximum atomic E-state index is 15.3. The minimum Gasteiger partial charge on any atom is -0.491 e. The molecule has 7 nitrogen and oxygen atoms in total. The summed E-state index contributed by atoms with van der Waals surface area (Å²) in [6.45, 7) is 24.0. The van der Waals surface area contributed by atoms with Gasteiger partial charge in [0.05, 0.1) is 32.4 Å². The van der Waals surface area contributed by atoms with Gasteiger partial charge in [0.2, 0.25) is 11.3 Å². The van der Waals surface area contributed by atoms with E-state index in [1.807, 2.05) is 37.3 Å². The van der Waals surface area contributed by atoms with Crippen molar-refractivity contribution in [3.63, 3.8) is 0 Å². The van der Waals surface area contributed by atoms with Gasteiger partial charge in [-0.2, -0.15) is 13.2 Å². The van der Waals surface area contributed by atoms with Crippen LogP contribution in [-0.2, 0) is 15.1 Å². The molecule has 0 amide bonds. The summed E-state index contributed by atoms with van der Waals surface area (Å²) in [4.78, 5) is 8.73. The lowest BCUT2D eigenvalue weighted by Crippen LogP contribution is -2.43. The summed E-state index contributed by atoms with van der Waals surface area (Å²) >= 11 is 0. The summed E-state index contributed by atoms with van der Waals surface area (Å²) < 4.78 is 63.3. The van der Waals surface area contributed by atoms with Crippen LogP contribution in [0, 0.1) is 36.8 Å². The number of ether oxygens (including phenoxy) is 2. The highest BCUT2D eigenvalue weighted by Gasteiger charge is 2.64. The lowest BCUT2D eigenvalue weighted by atomic mass is 9.73. The van der Waals surface area contributed by atoms with Crippen molar-refractivity contribution >= 4 is 17.0 Å². The highest BCUT2D eigenvalue weighted by molar-refractivity contribution is 5.80. The second kappa shape index (κ2) is 13.9. The first kappa shape index (κ1) is 35.1. The number of fused-ring (bicyclic) bond motifs is 1. The second-order valence-electron chi connectivity index (χ2n) is 13.5. The number of rotatable bonds is 6. The van der Waals surface area contributed by atoms with Gasteiger partial charge in [-0.3, -0.25) is 0 Å². The lowest BCUT2D eigenvalue weighted by Gasteiger charge is -2.41. The first-order valence-electron chi connectivity index (χ1n) is 16.5. The van der Waals surface area contributed by atoms with E-state index in [0.717, 1.165) is 39.8 Å². The fourth-order valence-electron chi connectivity index (χ4n) is 7.02. The first-order valence-corrected chi connectivity index (χ1v) is 16.5. The zero-order valence-electron chi connectivity index (χ0n) is 28.5. The monoisotopic (exact) mass is 688 g/mol. The predicted octanol–water partition coefficient (Wildman–Crippen LogP) is 9.96. The van der Waals surface area contributed by atoms with E-state index >= 15 is 13.2 Å². The number of allylic oxidation sites excluding steroid dienone is 6. The largest absolute Gasteiger partial charge is 0.491 e. The van der Waals surface area contributed by atoms with Gasteiger partial charge in [0.25, 0.3) is 5.70 Å². The highest BCUT2D eigenvalue weighted by Crippen LogP contribution is 2.56. The van der Waals surface area contributed by atoms with E-state index in [0.29, 0.717) is 38.5 Å². The second-order valence-corrected chi connectivity index (χ2v) is 13.5. The van der Waals surface area contributed by atoms with Crippen LogP contribution in [-0.4, -0.2) is 37.4 Å². The Balaban J connectivity index is 1.50. The Morgan fingerprint density at radius 2 is 1.75 bits per heavy atom. The summed E-state index contributed by atoms with van der Waals surface area (Å²) in [5.74, 6) is 0.0272. The van der Waals surface area contributed by atoms with Crippen molar-refractivity contribution in [2.45, 2.75) is 45.4 Å². The van der Waals surface area contributed by atoms with Crippen LogP contribution in [0.25, 0.3) is 26.7 Å². The minimum atomic E-state index is -5.06. The van der Waals surface area contributed by atoms with E-state index < -0.39 is 34.5 Å². The van der Waals surface area contributed by atoms with Gasteiger partial charge < -0.3 is 18.8 Å². The molecule has 2 aromatic carbocycles. The SMILES string of the molecule is [C-]#[N+]C1=C(/C=C/C=C2\CC(C)(C)CC(/C=C/c3cc4ccc(C)cc4o3)=C2N2CCOCC2)C(c2ccccc2)(C(F)(F)F)O/C1=C(\C#N)[N+]#[C-]. The van der Waals surface area contributed by atoms with Crippen molar-refractivity contribution in [1.29, 1.82) is 5.26 Å². The number of morpholine rings is 1. The molecule has 258 valence electrons. The van der Waals surface area contributed by atoms with Crippen LogP contribution in [0.1, 0.15) is 43.6 Å². The summed E-state index contributed by atoms with van der Waals surface area (Å²) in [5.41, 5.74) is -0.462. The normalized spacial score (nSPS) is 22.8. The molecule has 0 radical (unpaired) electrons. The highest BCUT2D eigenvalue weighted by atomic mass is 19.4. The maximum absolute atomic E-state index is 15.3. The number of nitrogens with zero attached hydrogens (tertiary/aromatic N) is 4. The smallest absolute Gasteiger partial charge is 0.435 e. The topological polar surface area (TPSA) is 67.4 Å². The molecular formula is C41H35F3N4O3. The number of alkyl halides is 3. The van der Waals surface area contributed by atoms with E-state index in [1.54, 1.807) is 18.2 Å². The molecule has 3 heterocycles. The van der Waals surface area contributed by atoms with Gasteiger partial charge >= 0.3 is 6.18 Å². The number of aryl methyl sites for hydroxylation is 1. The van der Waals surface area contributed by atoms with Crippen LogP contribution in [0.15, 0.2) is 123 Å². The maximum Gasteiger partial charge on any atom is 0.435 e. The standard InChI is InChI=1S/C41H35F3N4O3/c1-27-14-15-28-23-32(50-35(28)22-27)17-16-30-25-39(2,3)24-29(37(30)48-18-20-49-21-19-48)10-9-13-33-36(47-5)38(34(26-45)46-4)51-40(33,41(42,43)44)31-11-7-6-8-12-31/h6-17,22-23H,18-21,24-25H2,1-3H3/b13-9+,17-16+,29-10+,38-34+. The Kier molecular flexibility index (Phi) is 9.54. The predicted molar refractivity (Wildman–Crippen MR) is 188 cm³/mol. The average molecular weight is 689 g/mol. The van der Waals surface area contributed by atoms with Crippen molar-refractivity contribution in [2.75, 3.05) is 26.3 Å². The molecule has 1 fully saturated rings. The Morgan fingerprint density at radius 3 is 2.41 bits per heavy atom. The summed E-state index contributed by atoms with van der Waals surface area (Å²) in [5, 5.41) is 10.6. The van der Waals surface area contributed by atoms with Gasteiger partial charge in [-0.25, -0.2) is 15.0 Å². The molecular weight excluding hydrogens is 653 g/mol. The van der Waals surface area contributed by atoms with Crippen molar-refractivity contribution < 1.29 is 27.1 Å². The van der Waals surface area contributed by atoms with Crippen LogP contribution in [0.2, 0.25) is 0 Å². The van der Waals surface area contributed by atoms with Crippen molar-refractivity contribution in [3.05, 3.63) is 158 Å². The third kappa shape index (κ3) is 6.74. The molecule has 1 unspecified atom stereocenters. The number of halogens is 3. The third-order valence-corrected chi connectivity index (χ3v) is 9.21. The number of nitriles is 1. The molecule has 0 N–H and O–H groups in total. The zero-order chi connectivity index (χ0) is 36.4. The van der Waals surface area contributed by atoms with E-state index in [-0.39, 0.29) is 11.0 Å². The number of furan rings is 1. The van der Waals surface area contributed by atoms with Gasteiger partial charge in [0.15, 0.2) is 0 Å². The third-order valence-electron chi connectivity index (χ3n) is 9.21. The molecule has 1 saturated heterocycles. The van der Waals surface area contributed by atoms with Crippen molar-refractivity contribution in [1.82, 2.24) is 4.90 Å². The van der Waals surface area contributed by atoms with Crippen LogP contribution in [0.4, 0.5) is 13.2 Å². The zero-order valence-corrected chi connectivity index (χ0v) is 28.5. The summed E-state index contributed by atoms with van der Waals surface area (Å²) in [6.07, 6.45) is 4.90. The summed E-state index contributed by atoms with van der Waals surface area (Å²) in [7, 11) is 0. The van der Waals surface area contributed by atoms with Crippen LogP contribution < -0.4 is 0 Å². The Bertz CT molecular complexity index is 2160. The molecule has 2 aliphatic heterocycles. The number of hydrogen-bond acceptors (Lipinski definition) is 5. The van der Waals surface area contributed by atoms with Crippen LogP contribution in [0.3, 0.4) is 0 Å². The van der Waals surface area contributed by atoms with Crippen molar-refractivity contribution in [3.8, 4) is 6.07 Å².